The summed E-state index contributed by atoms with van der Waals surface area (Å²) in [6.07, 6.45) is 0. The molecule has 1 rings (SSSR count). The average Bonchev–Trinajstić information content (AvgIpc) is 2.38. The molecule has 0 saturated carbocycles. The number of ether oxygens (including phenoxy) is 1. The van der Waals surface area contributed by atoms with Gasteiger partial charge in [-0.3, -0.25) is 0 Å². The highest BCUT2D eigenvalue weighted by Gasteiger charge is 2.11. The van der Waals surface area contributed by atoms with Gasteiger partial charge in [0.25, 0.3) is 0 Å². The number of nitrogens with one attached hydrogen (secondary N) is 2. The zero-order valence-corrected chi connectivity index (χ0v) is 12.0. The summed E-state index contributed by atoms with van der Waals surface area (Å²) in [7, 11) is 3.71. The van der Waals surface area contributed by atoms with Crippen molar-refractivity contribution >= 4 is 0 Å². The molecular weight excluding hydrogens is 224 g/mol. The van der Waals surface area contributed by atoms with Gasteiger partial charge in [0.1, 0.15) is 5.75 Å². The van der Waals surface area contributed by atoms with E-state index in [0.29, 0.717) is 11.8 Å². The van der Waals surface area contributed by atoms with Crippen molar-refractivity contribution in [1.82, 2.24) is 10.6 Å². The average molecular weight is 250 g/mol. The van der Waals surface area contributed by atoms with Gasteiger partial charge in [0.15, 0.2) is 0 Å². The van der Waals surface area contributed by atoms with Gasteiger partial charge in [0.05, 0.1) is 7.11 Å². The van der Waals surface area contributed by atoms with Crippen molar-refractivity contribution in [3.05, 3.63) is 29.8 Å². The maximum atomic E-state index is 5.15. The Bertz CT molecular complexity index is 322. The molecule has 0 fully saturated rings. The highest BCUT2D eigenvalue weighted by atomic mass is 16.5. The molecule has 3 heteroatoms. The van der Waals surface area contributed by atoms with Crippen LogP contribution >= 0.6 is 0 Å². The minimum absolute atomic E-state index is 0.674. The highest BCUT2D eigenvalue weighted by molar-refractivity contribution is 5.26. The van der Waals surface area contributed by atoms with Crippen LogP contribution in [0.1, 0.15) is 19.4 Å². The lowest BCUT2D eigenvalue weighted by Gasteiger charge is -2.21. The van der Waals surface area contributed by atoms with Crippen LogP contribution in [0.15, 0.2) is 24.3 Å². The van der Waals surface area contributed by atoms with E-state index in [1.54, 1.807) is 7.11 Å². The first-order valence-electron chi connectivity index (χ1n) is 6.65. The second kappa shape index (κ2) is 8.11. The van der Waals surface area contributed by atoms with Crippen molar-refractivity contribution in [2.45, 2.75) is 20.4 Å². The first-order chi connectivity index (χ1) is 8.67. The van der Waals surface area contributed by atoms with Crippen molar-refractivity contribution < 1.29 is 4.74 Å². The Morgan fingerprint density at radius 1 is 1.11 bits per heavy atom. The van der Waals surface area contributed by atoms with Gasteiger partial charge < -0.3 is 15.4 Å². The van der Waals surface area contributed by atoms with Crippen LogP contribution in [0.25, 0.3) is 0 Å². The third-order valence-electron chi connectivity index (χ3n) is 3.30. The Balaban J connectivity index is 2.35. The standard InChI is InChI=1S/C15H26N2O/c1-12(2)14(10-16-3)11-17-9-13-5-7-15(18-4)8-6-13/h5-8,12,14,16-17H,9-11H2,1-4H3. The van der Waals surface area contributed by atoms with E-state index in [1.807, 2.05) is 19.2 Å². The summed E-state index contributed by atoms with van der Waals surface area (Å²) in [5.74, 6) is 2.28. The topological polar surface area (TPSA) is 33.3 Å². The van der Waals surface area contributed by atoms with Crippen LogP contribution in [0.2, 0.25) is 0 Å². The molecule has 0 spiro atoms. The van der Waals surface area contributed by atoms with Crippen LogP contribution in [-0.4, -0.2) is 27.2 Å². The number of methoxy groups -OCH3 is 1. The van der Waals surface area contributed by atoms with Crippen molar-refractivity contribution in [1.29, 1.82) is 0 Å². The minimum Gasteiger partial charge on any atom is -0.497 e. The van der Waals surface area contributed by atoms with Gasteiger partial charge in [-0.25, -0.2) is 0 Å². The number of hydrogen-bond acceptors (Lipinski definition) is 3. The first kappa shape index (κ1) is 15.0. The lowest BCUT2D eigenvalue weighted by atomic mass is 9.96. The maximum Gasteiger partial charge on any atom is 0.118 e. The molecule has 0 aliphatic rings. The molecule has 2 N–H and O–H groups in total. The maximum absolute atomic E-state index is 5.15. The number of rotatable bonds is 8. The number of hydrogen-bond donors (Lipinski definition) is 2. The Labute approximate surface area is 111 Å². The zero-order valence-electron chi connectivity index (χ0n) is 12.0. The molecule has 0 aliphatic carbocycles. The Morgan fingerprint density at radius 3 is 2.28 bits per heavy atom. The Hall–Kier alpha value is -1.06. The van der Waals surface area contributed by atoms with Crippen molar-refractivity contribution in [2.75, 3.05) is 27.2 Å². The summed E-state index contributed by atoms with van der Waals surface area (Å²) in [4.78, 5) is 0. The second-order valence-corrected chi connectivity index (χ2v) is 5.04. The van der Waals surface area contributed by atoms with Gasteiger partial charge in [-0.05, 0) is 49.7 Å². The predicted octanol–water partition coefficient (Wildman–Crippen LogP) is 2.28. The molecule has 0 bridgehead atoms. The van der Waals surface area contributed by atoms with Crippen LogP contribution < -0.4 is 15.4 Å². The molecule has 102 valence electrons. The lowest BCUT2D eigenvalue weighted by molar-refractivity contribution is 0.352. The van der Waals surface area contributed by atoms with E-state index in [9.17, 15) is 0 Å². The summed E-state index contributed by atoms with van der Waals surface area (Å²) >= 11 is 0. The van der Waals surface area contributed by atoms with E-state index in [1.165, 1.54) is 5.56 Å². The van der Waals surface area contributed by atoms with E-state index in [-0.39, 0.29) is 0 Å². The lowest BCUT2D eigenvalue weighted by Crippen LogP contribution is -2.32. The number of benzene rings is 1. The summed E-state index contributed by atoms with van der Waals surface area (Å²) in [6, 6.07) is 8.22. The van der Waals surface area contributed by atoms with Crippen LogP contribution in [0.3, 0.4) is 0 Å². The quantitative estimate of drug-likeness (QED) is 0.742. The van der Waals surface area contributed by atoms with E-state index in [4.69, 9.17) is 4.74 Å². The van der Waals surface area contributed by atoms with Gasteiger partial charge >= 0.3 is 0 Å². The minimum atomic E-state index is 0.674. The summed E-state index contributed by atoms with van der Waals surface area (Å²) in [5.41, 5.74) is 1.29. The molecule has 1 aromatic carbocycles. The monoisotopic (exact) mass is 250 g/mol. The molecular formula is C15H26N2O. The van der Waals surface area contributed by atoms with E-state index < -0.39 is 0 Å². The van der Waals surface area contributed by atoms with Crippen LogP contribution in [0.5, 0.6) is 5.75 Å². The largest absolute Gasteiger partial charge is 0.497 e. The van der Waals surface area contributed by atoms with E-state index in [2.05, 4.69) is 36.6 Å². The van der Waals surface area contributed by atoms with Crippen molar-refractivity contribution in [2.24, 2.45) is 11.8 Å². The first-order valence-corrected chi connectivity index (χ1v) is 6.65. The Morgan fingerprint density at radius 2 is 1.78 bits per heavy atom. The predicted molar refractivity (Wildman–Crippen MR) is 77.0 cm³/mol. The summed E-state index contributed by atoms with van der Waals surface area (Å²) in [5, 5.41) is 6.78. The SMILES string of the molecule is CNCC(CNCc1ccc(OC)cc1)C(C)C. The van der Waals surface area contributed by atoms with E-state index >= 15 is 0 Å². The molecule has 1 unspecified atom stereocenters. The molecule has 0 aliphatic heterocycles. The van der Waals surface area contributed by atoms with Gasteiger partial charge in [0.2, 0.25) is 0 Å². The van der Waals surface area contributed by atoms with Crippen LogP contribution in [0.4, 0.5) is 0 Å². The third-order valence-corrected chi connectivity index (χ3v) is 3.30. The second-order valence-electron chi connectivity index (χ2n) is 5.04. The Kier molecular flexibility index (Phi) is 6.76. The smallest absolute Gasteiger partial charge is 0.118 e. The fourth-order valence-electron chi connectivity index (χ4n) is 1.95. The molecule has 0 saturated heterocycles. The van der Waals surface area contributed by atoms with Crippen molar-refractivity contribution in [3.63, 3.8) is 0 Å². The molecule has 1 atom stereocenters. The zero-order chi connectivity index (χ0) is 13.4. The molecule has 1 aromatic rings. The molecule has 0 amide bonds. The fourth-order valence-corrected chi connectivity index (χ4v) is 1.95. The summed E-state index contributed by atoms with van der Waals surface area (Å²) in [6.45, 7) is 7.57. The third kappa shape index (κ3) is 5.07. The summed E-state index contributed by atoms with van der Waals surface area (Å²) < 4.78 is 5.15. The van der Waals surface area contributed by atoms with Gasteiger partial charge in [0, 0.05) is 6.54 Å². The molecule has 18 heavy (non-hydrogen) atoms. The van der Waals surface area contributed by atoms with Crippen LogP contribution in [-0.2, 0) is 6.54 Å². The normalized spacial score (nSPS) is 12.7. The van der Waals surface area contributed by atoms with Gasteiger partial charge in [-0.2, -0.15) is 0 Å². The molecule has 0 heterocycles. The van der Waals surface area contributed by atoms with Gasteiger partial charge in [-0.15, -0.1) is 0 Å². The van der Waals surface area contributed by atoms with Crippen LogP contribution in [0, 0.1) is 11.8 Å². The van der Waals surface area contributed by atoms with Gasteiger partial charge in [-0.1, -0.05) is 26.0 Å². The fraction of sp³-hybridized carbons (Fsp3) is 0.600. The molecule has 3 nitrogen and oxygen atoms in total. The molecule has 0 radical (unpaired) electrons. The van der Waals surface area contributed by atoms with E-state index in [0.717, 1.165) is 25.4 Å². The molecule has 0 aromatic heterocycles. The van der Waals surface area contributed by atoms with Crippen molar-refractivity contribution in [3.8, 4) is 5.75 Å². The highest BCUT2D eigenvalue weighted by Crippen LogP contribution is 2.12.